The Hall–Kier alpha value is -2.84. The van der Waals surface area contributed by atoms with Gasteiger partial charge in [0.15, 0.2) is 0 Å². The molecule has 31 heavy (non-hydrogen) atoms. The van der Waals surface area contributed by atoms with E-state index < -0.39 is 5.97 Å². The maximum atomic E-state index is 12.9. The number of esters is 1. The van der Waals surface area contributed by atoms with Crippen LogP contribution in [0, 0.1) is 5.92 Å². The van der Waals surface area contributed by atoms with Crippen LogP contribution in [0.5, 0.6) is 0 Å². The van der Waals surface area contributed by atoms with Crippen LogP contribution in [0.1, 0.15) is 48.7 Å². The highest BCUT2D eigenvalue weighted by Gasteiger charge is 2.22. The number of hydrogen-bond acceptors (Lipinski definition) is 7. The molecule has 0 saturated carbocycles. The number of nitrogens with one attached hydrogen (secondary N) is 2. The molecular weight excluding hydrogens is 412 g/mol. The second-order valence-electron chi connectivity index (χ2n) is 8.06. The first-order chi connectivity index (χ1) is 15.0. The predicted octanol–water partition coefficient (Wildman–Crippen LogP) is 3.84. The molecule has 0 radical (unpaired) electrons. The van der Waals surface area contributed by atoms with Crippen molar-refractivity contribution in [3.8, 4) is 21.8 Å². The number of pyridine rings is 2. The first-order valence-electron chi connectivity index (χ1n) is 10.5. The molecule has 0 amide bonds. The topological polar surface area (TPSA) is 97.0 Å². The molecule has 3 aromatic heterocycles. The van der Waals surface area contributed by atoms with Gasteiger partial charge in [0.2, 0.25) is 0 Å². The monoisotopic (exact) mass is 438 g/mol. The molecule has 2 N–H and O–H groups in total. The summed E-state index contributed by atoms with van der Waals surface area (Å²) in [7, 11) is 0. The third kappa shape index (κ3) is 4.91. The zero-order valence-corrected chi connectivity index (χ0v) is 18.5. The maximum absolute atomic E-state index is 12.9. The summed E-state index contributed by atoms with van der Waals surface area (Å²) < 4.78 is 5.65. The maximum Gasteiger partial charge on any atom is 0.339 e. The molecule has 0 atom stereocenters. The van der Waals surface area contributed by atoms with Crippen LogP contribution in [0.15, 0.2) is 40.8 Å². The van der Waals surface area contributed by atoms with Crippen LogP contribution in [0.2, 0.25) is 0 Å². The predicted molar refractivity (Wildman–Crippen MR) is 121 cm³/mol. The summed E-state index contributed by atoms with van der Waals surface area (Å²) in [5, 5.41) is 5.94. The van der Waals surface area contributed by atoms with E-state index in [0.29, 0.717) is 35.0 Å². The molecule has 7 nitrogen and oxygen atoms in total. The number of aromatic nitrogens is 3. The number of carbonyl (C=O) groups is 1. The summed E-state index contributed by atoms with van der Waals surface area (Å²) in [5.74, 6) is -0.0493. The molecule has 1 saturated heterocycles. The molecule has 8 heteroatoms. The molecule has 0 unspecified atom stereocenters. The zero-order chi connectivity index (χ0) is 21.8. The van der Waals surface area contributed by atoms with Crippen molar-refractivity contribution in [1.29, 1.82) is 0 Å². The lowest BCUT2D eigenvalue weighted by Gasteiger charge is -2.22. The van der Waals surface area contributed by atoms with Crippen molar-refractivity contribution in [3.05, 3.63) is 57.6 Å². The lowest BCUT2D eigenvalue weighted by Crippen LogP contribution is -2.30. The highest BCUT2D eigenvalue weighted by Crippen LogP contribution is 2.29. The quantitative estimate of drug-likeness (QED) is 0.568. The van der Waals surface area contributed by atoms with Gasteiger partial charge in [-0.3, -0.25) is 9.78 Å². The number of H-pyrrole nitrogens is 1. The Labute approximate surface area is 184 Å². The van der Waals surface area contributed by atoms with E-state index in [9.17, 15) is 9.59 Å². The van der Waals surface area contributed by atoms with E-state index in [1.807, 2.05) is 31.4 Å². The molecular formula is C23H26N4O3S. The van der Waals surface area contributed by atoms with Crippen molar-refractivity contribution in [2.75, 3.05) is 19.7 Å². The van der Waals surface area contributed by atoms with Crippen molar-refractivity contribution in [2.45, 2.75) is 32.6 Å². The van der Waals surface area contributed by atoms with Gasteiger partial charge in [-0.25, -0.2) is 9.78 Å². The van der Waals surface area contributed by atoms with Gasteiger partial charge in [0, 0.05) is 29.0 Å². The summed E-state index contributed by atoms with van der Waals surface area (Å²) in [6.07, 6.45) is 5.41. The highest BCUT2D eigenvalue weighted by atomic mass is 32.1. The Morgan fingerprint density at radius 1 is 1.26 bits per heavy atom. The molecule has 1 fully saturated rings. The fraction of sp³-hybridized carbons (Fsp3) is 0.391. The average molecular weight is 439 g/mol. The molecule has 4 heterocycles. The van der Waals surface area contributed by atoms with E-state index in [-0.39, 0.29) is 11.5 Å². The number of nitrogens with zero attached hydrogens (tertiary/aromatic N) is 2. The lowest BCUT2D eigenvalue weighted by molar-refractivity contribution is 0.0413. The number of ether oxygens (including phenoxy) is 1. The molecule has 0 aromatic carbocycles. The van der Waals surface area contributed by atoms with Gasteiger partial charge in [-0.2, -0.15) is 0 Å². The van der Waals surface area contributed by atoms with Crippen LogP contribution >= 0.6 is 11.3 Å². The number of thiazole rings is 1. The third-order valence-corrected chi connectivity index (χ3v) is 6.38. The Morgan fingerprint density at radius 3 is 2.71 bits per heavy atom. The Balaban J connectivity index is 1.63. The average Bonchev–Trinajstić information content (AvgIpc) is 3.28. The summed E-state index contributed by atoms with van der Waals surface area (Å²) in [4.78, 5) is 37.3. The number of aromatic amines is 1. The second-order valence-corrected chi connectivity index (χ2v) is 8.92. The van der Waals surface area contributed by atoms with E-state index in [2.05, 4.69) is 20.3 Å². The van der Waals surface area contributed by atoms with E-state index in [1.165, 1.54) is 11.3 Å². The summed E-state index contributed by atoms with van der Waals surface area (Å²) in [5.41, 5.74) is 2.58. The Morgan fingerprint density at radius 2 is 2.00 bits per heavy atom. The minimum absolute atomic E-state index is 0.0222. The smallest absolute Gasteiger partial charge is 0.339 e. The fourth-order valence-electron chi connectivity index (χ4n) is 3.70. The molecule has 0 aliphatic carbocycles. The summed E-state index contributed by atoms with van der Waals surface area (Å²) in [6.45, 7) is 6.19. The summed E-state index contributed by atoms with van der Waals surface area (Å²) in [6, 6.07) is 5.38. The molecule has 0 spiro atoms. The van der Waals surface area contributed by atoms with Gasteiger partial charge in [0.25, 0.3) is 5.56 Å². The highest BCUT2D eigenvalue weighted by molar-refractivity contribution is 7.13. The van der Waals surface area contributed by atoms with Gasteiger partial charge in [-0.15, -0.1) is 11.3 Å². The largest absolute Gasteiger partial charge is 0.462 e. The lowest BCUT2D eigenvalue weighted by atomic mass is 9.99. The SMILES string of the molecule is CC(C)c1[nH]c(=O)c(-c2csc(-c3ccncc3)n2)cc1C(=O)OCC1CCNCC1. The Kier molecular flexibility index (Phi) is 6.58. The van der Waals surface area contributed by atoms with Crippen molar-refractivity contribution < 1.29 is 9.53 Å². The van der Waals surface area contributed by atoms with Crippen molar-refractivity contribution in [2.24, 2.45) is 5.92 Å². The number of carbonyl (C=O) groups excluding carboxylic acids is 1. The first-order valence-corrected chi connectivity index (χ1v) is 11.4. The molecule has 4 rings (SSSR count). The first kappa shape index (κ1) is 21.4. The van der Waals surface area contributed by atoms with E-state index in [1.54, 1.807) is 18.5 Å². The standard InChI is InChI=1S/C23H26N4O3S/c1-14(2)20-18(23(29)30-12-15-3-7-24-8-4-15)11-17(21(28)27-20)19-13-31-22(26-19)16-5-9-25-10-6-16/h5-6,9-11,13-15,24H,3-4,7-8,12H2,1-2H3,(H,27,28). The minimum Gasteiger partial charge on any atom is -0.462 e. The molecule has 0 bridgehead atoms. The number of piperidine rings is 1. The second kappa shape index (κ2) is 9.53. The van der Waals surface area contributed by atoms with Gasteiger partial charge >= 0.3 is 5.97 Å². The van der Waals surface area contributed by atoms with Gasteiger partial charge in [-0.1, -0.05) is 13.8 Å². The van der Waals surface area contributed by atoms with E-state index in [4.69, 9.17) is 4.74 Å². The van der Waals surface area contributed by atoms with Crippen LogP contribution < -0.4 is 10.9 Å². The van der Waals surface area contributed by atoms with Crippen molar-refractivity contribution in [1.82, 2.24) is 20.3 Å². The number of hydrogen-bond donors (Lipinski definition) is 2. The molecule has 3 aromatic rings. The van der Waals surface area contributed by atoms with Crippen molar-refractivity contribution in [3.63, 3.8) is 0 Å². The number of rotatable bonds is 6. The molecule has 162 valence electrons. The third-order valence-electron chi connectivity index (χ3n) is 5.49. The van der Waals surface area contributed by atoms with Crippen LogP contribution in [0.25, 0.3) is 21.8 Å². The van der Waals surface area contributed by atoms with Crippen molar-refractivity contribution >= 4 is 17.3 Å². The van der Waals surface area contributed by atoms with E-state index in [0.717, 1.165) is 36.5 Å². The fourth-order valence-corrected chi connectivity index (χ4v) is 4.53. The van der Waals surface area contributed by atoms with Crippen LogP contribution in [-0.4, -0.2) is 40.6 Å². The molecule has 1 aliphatic rings. The van der Waals surface area contributed by atoms with Gasteiger partial charge in [0.05, 0.1) is 23.4 Å². The van der Waals surface area contributed by atoms with Gasteiger partial charge in [0.1, 0.15) is 5.01 Å². The van der Waals surface area contributed by atoms with Crippen LogP contribution in [-0.2, 0) is 4.74 Å². The molecule has 1 aliphatic heterocycles. The summed E-state index contributed by atoms with van der Waals surface area (Å²) >= 11 is 1.45. The minimum atomic E-state index is -0.399. The van der Waals surface area contributed by atoms with Gasteiger partial charge in [-0.05, 0) is 56.0 Å². The van der Waals surface area contributed by atoms with Crippen LogP contribution in [0.4, 0.5) is 0 Å². The Bertz CT molecular complexity index is 1100. The van der Waals surface area contributed by atoms with Crippen LogP contribution in [0.3, 0.4) is 0 Å². The van der Waals surface area contributed by atoms with Gasteiger partial charge < -0.3 is 15.0 Å². The normalized spacial score (nSPS) is 14.7. The zero-order valence-electron chi connectivity index (χ0n) is 17.7. The van der Waals surface area contributed by atoms with E-state index >= 15 is 0 Å².